The van der Waals surface area contributed by atoms with Crippen molar-refractivity contribution in [2.45, 2.75) is 205 Å². The third kappa shape index (κ3) is 14.6. The molecule has 4 saturated heterocycles. The Labute approximate surface area is 457 Å². The molecule has 19 nitrogen and oxygen atoms in total. The van der Waals surface area contributed by atoms with Crippen LogP contribution in [0.5, 0.6) is 0 Å². The Balaban J connectivity index is 1.20. The molecule has 0 bridgehead atoms. The number of esters is 1. The number of hydrogen-bond acceptors (Lipinski definition) is 17. The zero-order chi connectivity index (χ0) is 56.9. The number of halogens is 1. The molecule has 1 unspecified atom stereocenters. The molecule has 4 aliphatic heterocycles. The summed E-state index contributed by atoms with van der Waals surface area (Å²) in [7, 11) is 5.48. The molecule has 0 saturated carbocycles. The second-order valence-electron chi connectivity index (χ2n) is 24.2. The summed E-state index contributed by atoms with van der Waals surface area (Å²) in [6.07, 6.45) is -2.20. The van der Waals surface area contributed by atoms with Crippen molar-refractivity contribution >= 4 is 17.6 Å². The molecule has 4 fully saturated rings. The molecule has 77 heavy (non-hydrogen) atoms. The summed E-state index contributed by atoms with van der Waals surface area (Å²) in [6.45, 7) is 22.7. The highest BCUT2D eigenvalue weighted by molar-refractivity contribution is 5.77. The molecule has 0 spiro atoms. The van der Waals surface area contributed by atoms with E-state index in [-0.39, 0.29) is 49.2 Å². The highest BCUT2D eigenvalue weighted by Gasteiger charge is 2.54. The number of piperazine rings is 1. The summed E-state index contributed by atoms with van der Waals surface area (Å²) in [5, 5.41) is 66.1. The van der Waals surface area contributed by atoms with Crippen LogP contribution in [-0.2, 0) is 39.7 Å². The van der Waals surface area contributed by atoms with E-state index in [9.17, 15) is 39.5 Å². The molecular weight excluding hydrogens is 994 g/mol. The maximum atomic E-state index is 14.9. The molecule has 0 aliphatic carbocycles. The van der Waals surface area contributed by atoms with Crippen LogP contribution in [0.2, 0.25) is 0 Å². The van der Waals surface area contributed by atoms with Crippen LogP contribution in [0, 0.1) is 23.7 Å². The third-order valence-electron chi connectivity index (χ3n) is 18.3. The first-order chi connectivity index (χ1) is 36.2. The zero-order valence-corrected chi connectivity index (χ0v) is 48.6. The molecule has 6 rings (SSSR count). The second-order valence-corrected chi connectivity index (χ2v) is 24.2. The Morgan fingerprint density at radius 2 is 1.64 bits per heavy atom. The molecule has 1 amide bonds. The summed E-state index contributed by atoms with van der Waals surface area (Å²) >= 11 is 0. The lowest BCUT2D eigenvalue weighted by molar-refractivity contribution is -0.275. The van der Waals surface area contributed by atoms with E-state index in [1.54, 1.807) is 44.4 Å². The highest BCUT2D eigenvalue weighted by Crippen LogP contribution is 2.45. The van der Waals surface area contributed by atoms with Gasteiger partial charge in [0, 0.05) is 101 Å². The summed E-state index contributed by atoms with van der Waals surface area (Å²) in [5.41, 5.74) is -1.61. The maximum Gasteiger partial charge on any atom is 0.309 e. The SMILES string of the molecule is CC[C@H]1OC(=O)[C@H](C)[C@@H](C2C[C@@](C)(OC)[C@@H](O)[C@H](C)O2)[C@H](C)[C@@H](O[C@H]2C[C@@H](N(C)CCc3cn([C@H](CF)[C@H](C)c4ccc(N5CCN(C(=O)CO)CC5)cc4)nn3)C[C@@H](C)O2)[C@](C)(O)C[C@@H](C)CN(C)[C@H](C)[C@@H](O)[C@]1(C)O. The molecule has 5 heterocycles. The van der Waals surface area contributed by atoms with Gasteiger partial charge < -0.3 is 68.8 Å². The van der Waals surface area contributed by atoms with Crippen LogP contribution in [0.3, 0.4) is 0 Å². The van der Waals surface area contributed by atoms with Gasteiger partial charge in [0.1, 0.15) is 37.2 Å². The van der Waals surface area contributed by atoms with Crippen LogP contribution < -0.4 is 4.90 Å². The van der Waals surface area contributed by atoms with Gasteiger partial charge in [-0.2, -0.15) is 0 Å². The van der Waals surface area contributed by atoms with Crippen molar-refractivity contribution in [3.05, 3.63) is 41.7 Å². The van der Waals surface area contributed by atoms with Crippen molar-refractivity contribution in [2.75, 3.05) is 78.7 Å². The van der Waals surface area contributed by atoms with Gasteiger partial charge in [0.15, 0.2) is 6.29 Å². The molecule has 438 valence electrons. The fraction of sp³-hybridized carbons (Fsp3) is 0.825. The van der Waals surface area contributed by atoms with E-state index >= 15 is 0 Å². The quantitative estimate of drug-likeness (QED) is 0.156. The molecule has 20 heteroatoms. The number of aliphatic hydroxyl groups excluding tert-OH is 3. The van der Waals surface area contributed by atoms with Crippen LogP contribution in [0.1, 0.15) is 131 Å². The first-order valence-electron chi connectivity index (χ1n) is 28.3. The van der Waals surface area contributed by atoms with Gasteiger partial charge in [0.2, 0.25) is 5.91 Å². The number of cyclic esters (lactones) is 1. The molecule has 5 N–H and O–H groups in total. The van der Waals surface area contributed by atoms with Crippen molar-refractivity contribution < 1.29 is 63.2 Å². The van der Waals surface area contributed by atoms with Gasteiger partial charge in [0.25, 0.3) is 0 Å². The van der Waals surface area contributed by atoms with Crippen molar-refractivity contribution in [2.24, 2.45) is 23.7 Å². The molecule has 19 atom stereocenters. The number of aromatic nitrogens is 3. The van der Waals surface area contributed by atoms with Crippen molar-refractivity contribution in [3.63, 3.8) is 0 Å². The monoisotopic (exact) mass is 1090 g/mol. The predicted octanol–water partition coefficient (Wildman–Crippen LogP) is 4.36. The number of methoxy groups -OCH3 is 1. The fourth-order valence-corrected chi connectivity index (χ4v) is 13.2. The van der Waals surface area contributed by atoms with Crippen LogP contribution in [0.25, 0.3) is 0 Å². The van der Waals surface area contributed by atoms with E-state index in [2.05, 4.69) is 27.2 Å². The summed E-state index contributed by atoms with van der Waals surface area (Å²) in [5.74, 6) is -3.33. The van der Waals surface area contributed by atoms with Gasteiger partial charge in [-0.15, -0.1) is 5.10 Å². The largest absolute Gasteiger partial charge is 0.459 e. The van der Waals surface area contributed by atoms with Gasteiger partial charge in [0.05, 0.1) is 53.3 Å². The standard InChI is InChI=1S/C57H96FN7O12/c1-15-47-57(11,72)51(68)39(7)62(13)31-34(2)28-55(9,71)53(37(5)50(38(6)54(70)76-47)46-29-56(10,73-14)52(69)40(8)75-46)77-49-27-44(26-35(3)74-49)61(12)21-20-42-32-65(60-59-42)45(30-58)36(4)41-16-18-43(19-17-41)63-22-24-64(25-23-63)48(67)33-66/h16-19,32,34-40,44-47,49-53,66,68-69,71-72H,15,20-31,33H2,1-14H3/t34-,35-,36-,37+,38-,39-,40+,44+,45-,46?,47-,49+,50+,51-,52+,53-,55-,56-,57-/m1/s1. The van der Waals surface area contributed by atoms with Gasteiger partial charge >= 0.3 is 5.97 Å². The Morgan fingerprint density at radius 3 is 2.25 bits per heavy atom. The summed E-state index contributed by atoms with van der Waals surface area (Å²) < 4.78 is 49.1. The lowest BCUT2D eigenvalue weighted by atomic mass is 9.68. The van der Waals surface area contributed by atoms with E-state index < -0.39 is 109 Å². The second kappa shape index (κ2) is 26.5. The van der Waals surface area contributed by atoms with Crippen LogP contribution in [-0.4, -0.2) is 219 Å². The topological polar surface area (TPSA) is 225 Å². The molecule has 1 aromatic heterocycles. The number of nitrogens with zero attached hydrogens (tertiary/aromatic N) is 7. The van der Waals surface area contributed by atoms with Crippen LogP contribution in [0.15, 0.2) is 30.5 Å². The Kier molecular flexibility index (Phi) is 21.6. The number of carbonyl (C=O) groups excluding carboxylic acids is 2. The van der Waals surface area contributed by atoms with E-state index in [1.807, 2.05) is 84.0 Å². The average Bonchev–Trinajstić information content (AvgIpc) is 3.87. The lowest BCUT2D eigenvalue weighted by Gasteiger charge is -2.51. The summed E-state index contributed by atoms with van der Waals surface area (Å²) in [4.78, 5) is 34.7. The Bertz CT molecular complexity index is 2180. The lowest BCUT2D eigenvalue weighted by Crippen LogP contribution is -2.61. The minimum absolute atomic E-state index is 0.00480. The van der Waals surface area contributed by atoms with Gasteiger partial charge in [-0.05, 0) is 104 Å². The number of aliphatic hydroxyl groups is 5. The van der Waals surface area contributed by atoms with Crippen molar-refractivity contribution in [3.8, 4) is 0 Å². The first-order valence-corrected chi connectivity index (χ1v) is 28.3. The zero-order valence-electron chi connectivity index (χ0n) is 48.6. The minimum atomic E-state index is -1.80. The van der Waals surface area contributed by atoms with Crippen molar-refractivity contribution in [1.29, 1.82) is 0 Å². The Morgan fingerprint density at radius 1 is 0.974 bits per heavy atom. The number of hydrogen-bond donors (Lipinski definition) is 5. The number of carbonyl (C=O) groups is 2. The number of anilines is 1. The molecule has 0 radical (unpaired) electrons. The van der Waals surface area contributed by atoms with Gasteiger partial charge in [-0.3, -0.25) is 9.59 Å². The van der Waals surface area contributed by atoms with Crippen molar-refractivity contribution in [1.82, 2.24) is 29.7 Å². The fourth-order valence-electron chi connectivity index (χ4n) is 13.2. The van der Waals surface area contributed by atoms with Crippen LogP contribution >= 0.6 is 0 Å². The molecule has 1 aromatic carbocycles. The molecule has 4 aliphatic rings. The minimum Gasteiger partial charge on any atom is -0.459 e. The summed E-state index contributed by atoms with van der Waals surface area (Å²) in [6, 6.07) is 6.99. The van der Waals surface area contributed by atoms with E-state index in [0.29, 0.717) is 58.5 Å². The van der Waals surface area contributed by atoms with Crippen LogP contribution in [0.4, 0.5) is 10.1 Å². The maximum absolute atomic E-state index is 14.9. The smallest absolute Gasteiger partial charge is 0.309 e. The Hall–Kier alpha value is -3.41. The molecule has 2 aromatic rings. The van der Waals surface area contributed by atoms with Gasteiger partial charge in [-0.1, -0.05) is 52.0 Å². The number of likely N-dealkylation sites (N-methyl/N-ethyl adjacent to an activating group) is 2. The predicted molar refractivity (Wildman–Crippen MR) is 290 cm³/mol. The first kappa shape index (κ1) is 62.8. The van der Waals surface area contributed by atoms with Gasteiger partial charge in [-0.25, -0.2) is 9.07 Å². The van der Waals surface area contributed by atoms with E-state index in [4.69, 9.17) is 23.7 Å². The normalized spacial score (nSPS) is 38.4. The number of ether oxygens (including phenoxy) is 5. The number of alkyl halides is 1. The highest BCUT2D eigenvalue weighted by atomic mass is 19.1. The average molecular weight is 1090 g/mol. The number of amides is 1. The van der Waals surface area contributed by atoms with E-state index in [1.165, 1.54) is 6.92 Å². The third-order valence-corrected chi connectivity index (χ3v) is 18.3. The number of rotatable bonds is 15. The molecular formula is C57H96FN7O12. The number of benzene rings is 1. The van der Waals surface area contributed by atoms with E-state index in [0.717, 1.165) is 16.9 Å².